The molecule has 1 aromatic heterocycles. The highest BCUT2D eigenvalue weighted by atomic mass is 15.1. The zero-order valence-electron chi connectivity index (χ0n) is 12.7. The van der Waals surface area contributed by atoms with E-state index in [1.54, 1.807) is 0 Å². The number of hydrogen-bond acceptors (Lipinski definition) is 2. The van der Waals surface area contributed by atoms with E-state index in [9.17, 15) is 0 Å². The van der Waals surface area contributed by atoms with Crippen LogP contribution in [-0.4, -0.2) is 9.55 Å². The van der Waals surface area contributed by atoms with Gasteiger partial charge in [0, 0.05) is 18.8 Å². The summed E-state index contributed by atoms with van der Waals surface area (Å²) in [6.45, 7) is 7.93. The van der Waals surface area contributed by atoms with Crippen molar-refractivity contribution in [1.29, 1.82) is 0 Å². The van der Waals surface area contributed by atoms with Crippen molar-refractivity contribution in [3.63, 3.8) is 0 Å². The van der Waals surface area contributed by atoms with E-state index in [1.165, 1.54) is 31.4 Å². The summed E-state index contributed by atoms with van der Waals surface area (Å²) in [5.41, 5.74) is 7.53. The standard InChI is InChI=1S/C16H29N3/c1-12(2)7-15(17)16-9-18-11-19(16)10-14-6-4-5-13(3)8-14/h9,11-15H,4-8,10,17H2,1-3H3. The van der Waals surface area contributed by atoms with E-state index in [2.05, 4.69) is 30.3 Å². The van der Waals surface area contributed by atoms with Crippen LogP contribution in [-0.2, 0) is 6.54 Å². The van der Waals surface area contributed by atoms with Gasteiger partial charge in [-0.2, -0.15) is 0 Å². The molecule has 19 heavy (non-hydrogen) atoms. The lowest BCUT2D eigenvalue weighted by Gasteiger charge is -2.28. The Morgan fingerprint density at radius 2 is 2.21 bits per heavy atom. The Morgan fingerprint density at radius 1 is 1.42 bits per heavy atom. The van der Waals surface area contributed by atoms with Crippen molar-refractivity contribution in [2.45, 2.75) is 65.5 Å². The fourth-order valence-corrected chi connectivity index (χ4v) is 3.42. The molecule has 3 unspecified atom stereocenters. The molecule has 1 heterocycles. The molecule has 2 N–H and O–H groups in total. The molecule has 1 aromatic rings. The third kappa shape index (κ3) is 4.07. The van der Waals surface area contributed by atoms with Crippen molar-refractivity contribution in [2.24, 2.45) is 23.5 Å². The van der Waals surface area contributed by atoms with Gasteiger partial charge >= 0.3 is 0 Å². The maximum atomic E-state index is 6.31. The summed E-state index contributed by atoms with van der Waals surface area (Å²) in [6, 6.07) is 0.128. The molecule has 3 nitrogen and oxygen atoms in total. The molecule has 0 saturated heterocycles. The second kappa shape index (κ2) is 6.56. The number of hydrogen-bond donors (Lipinski definition) is 1. The molecule has 0 bridgehead atoms. The molecule has 0 spiro atoms. The number of aromatic nitrogens is 2. The molecule has 1 aliphatic rings. The van der Waals surface area contributed by atoms with E-state index in [-0.39, 0.29) is 6.04 Å². The van der Waals surface area contributed by atoms with E-state index >= 15 is 0 Å². The second-order valence-electron chi connectivity index (χ2n) is 6.84. The van der Waals surface area contributed by atoms with Gasteiger partial charge in [-0.05, 0) is 37.0 Å². The highest BCUT2D eigenvalue weighted by Crippen LogP contribution is 2.30. The minimum absolute atomic E-state index is 0.128. The zero-order chi connectivity index (χ0) is 13.8. The van der Waals surface area contributed by atoms with E-state index in [0.717, 1.165) is 24.8 Å². The van der Waals surface area contributed by atoms with Crippen LogP contribution in [0.3, 0.4) is 0 Å². The first-order valence-electron chi connectivity index (χ1n) is 7.81. The normalized spacial score (nSPS) is 25.7. The molecular weight excluding hydrogens is 234 g/mol. The third-order valence-electron chi connectivity index (χ3n) is 4.35. The average molecular weight is 263 g/mol. The van der Waals surface area contributed by atoms with Crippen LogP contribution in [0.25, 0.3) is 0 Å². The lowest BCUT2D eigenvalue weighted by Crippen LogP contribution is -2.22. The summed E-state index contributed by atoms with van der Waals surface area (Å²) in [4.78, 5) is 4.32. The molecule has 2 rings (SSSR count). The Balaban J connectivity index is 1.98. The van der Waals surface area contributed by atoms with Crippen LogP contribution >= 0.6 is 0 Å². The molecule has 0 radical (unpaired) electrons. The lowest BCUT2D eigenvalue weighted by atomic mass is 9.82. The zero-order valence-corrected chi connectivity index (χ0v) is 12.7. The van der Waals surface area contributed by atoms with Crippen LogP contribution in [0, 0.1) is 17.8 Å². The molecule has 1 saturated carbocycles. The largest absolute Gasteiger partial charge is 0.333 e. The molecule has 0 aliphatic heterocycles. The van der Waals surface area contributed by atoms with Crippen molar-refractivity contribution in [3.8, 4) is 0 Å². The number of rotatable bonds is 5. The Morgan fingerprint density at radius 3 is 2.89 bits per heavy atom. The Kier molecular flexibility index (Phi) is 5.03. The molecule has 0 amide bonds. The lowest BCUT2D eigenvalue weighted by molar-refractivity contribution is 0.253. The van der Waals surface area contributed by atoms with Gasteiger partial charge in [-0.1, -0.05) is 33.6 Å². The fraction of sp³-hybridized carbons (Fsp3) is 0.812. The molecule has 1 fully saturated rings. The van der Waals surface area contributed by atoms with Gasteiger partial charge in [0.05, 0.1) is 12.0 Å². The van der Waals surface area contributed by atoms with E-state index in [4.69, 9.17) is 5.73 Å². The van der Waals surface area contributed by atoms with Gasteiger partial charge < -0.3 is 10.3 Å². The number of imidazole rings is 1. The van der Waals surface area contributed by atoms with Gasteiger partial charge in [-0.25, -0.2) is 4.98 Å². The van der Waals surface area contributed by atoms with E-state index < -0.39 is 0 Å². The Bertz CT molecular complexity index is 383. The predicted octanol–water partition coefficient (Wildman–Crippen LogP) is 3.76. The SMILES string of the molecule is CC(C)CC(N)c1cncn1CC1CCCC(C)C1. The first-order chi connectivity index (χ1) is 9.06. The highest BCUT2D eigenvalue weighted by Gasteiger charge is 2.21. The summed E-state index contributed by atoms with van der Waals surface area (Å²) >= 11 is 0. The first kappa shape index (κ1) is 14.6. The van der Waals surface area contributed by atoms with E-state index in [1.807, 2.05) is 12.5 Å². The maximum Gasteiger partial charge on any atom is 0.0948 e. The summed E-state index contributed by atoms with van der Waals surface area (Å²) in [5, 5.41) is 0. The Hall–Kier alpha value is -0.830. The first-order valence-corrected chi connectivity index (χ1v) is 7.81. The molecule has 3 heteroatoms. The van der Waals surface area contributed by atoms with Crippen molar-refractivity contribution in [3.05, 3.63) is 18.2 Å². The van der Waals surface area contributed by atoms with Crippen LogP contribution in [0.5, 0.6) is 0 Å². The van der Waals surface area contributed by atoms with Crippen LogP contribution in [0.2, 0.25) is 0 Å². The summed E-state index contributed by atoms with van der Waals surface area (Å²) in [5.74, 6) is 2.33. The van der Waals surface area contributed by atoms with Crippen LogP contribution in [0.15, 0.2) is 12.5 Å². The predicted molar refractivity (Wildman–Crippen MR) is 79.7 cm³/mol. The number of nitrogens with two attached hydrogens (primary N) is 1. The number of nitrogens with zero attached hydrogens (tertiary/aromatic N) is 2. The fourth-order valence-electron chi connectivity index (χ4n) is 3.42. The highest BCUT2D eigenvalue weighted by molar-refractivity contribution is 5.05. The van der Waals surface area contributed by atoms with Crippen LogP contribution in [0.1, 0.15) is 64.6 Å². The van der Waals surface area contributed by atoms with Crippen molar-refractivity contribution >= 4 is 0 Å². The molecule has 108 valence electrons. The van der Waals surface area contributed by atoms with Crippen molar-refractivity contribution in [2.75, 3.05) is 0 Å². The van der Waals surface area contributed by atoms with Crippen LogP contribution in [0.4, 0.5) is 0 Å². The topological polar surface area (TPSA) is 43.8 Å². The van der Waals surface area contributed by atoms with Gasteiger partial charge in [0.1, 0.15) is 0 Å². The van der Waals surface area contributed by atoms with Crippen molar-refractivity contribution < 1.29 is 0 Å². The average Bonchev–Trinajstić information content (AvgIpc) is 2.76. The molecule has 0 aromatic carbocycles. The summed E-state index contributed by atoms with van der Waals surface area (Å²) < 4.78 is 2.30. The molecular formula is C16H29N3. The summed E-state index contributed by atoms with van der Waals surface area (Å²) in [7, 11) is 0. The van der Waals surface area contributed by atoms with Gasteiger partial charge in [-0.15, -0.1) is 0 Å². The van der Waals surface area contributed by atoms with Gasteiger partial charge in [0.25, 0.3) is 0 Å². The summed E-state index contributed by atoms with van der Waals surface area (Å²) in [6.07, 6.45) is 10.5. The van der Waals surface area contributed by atoms with E-state index in [0.29, 0.717) is 5.92 Å². The quantitative estimate of drug-likeness (QED) is 0.879. The minimum atomic E-state index is 0.128. The second-order valence-corrected chi connectivity index (χ2v) is 6.84. The van der Waals surface area contributed by atoms with Gasteiger partial charge in [0.15, 0.2) is 0 Å². The smallest absolute Gasteiger partial charge is 0.0948 e. The molecule has 3 atom stereocenters. The third-order valence-corrected chi connectivity index (χ3v) is 4.35. The van der Waals surface area contributed by atoms with Crippen molar-refractivity contribution in [1.82, 2.24) is 9.55 Å². The molecule has 1 aliphatic carbocycles. The Labute approximate surface area is 117 Å². The van der Waals surface area contributed by atoms with Crippen LogP contribution < -0.4 is 5.73 Å². The minimum Gasteiger partial charge on any atom is -0.333 e. The monoisotopic (exact) mass is 263 g/mol. The maximum absolute atomic E-state index is 6.31. The van der Waals surface area contributed by atoms with Gasteiger partial charge in [-0.3, -0.25) is 0 Å². The van der Waals surface area contributed by atoms with Gasteiger partial charge in [0.2, 0.25) is 0 Å².